The number of aromatic nitrogens is 1. The first-order valence-electron chi connectivity index (χ1n) is 9.81. The van der Waals surface area contributed by atoms with Gasteiger partial charge in [0.25, 0.3) is 5.91 Å². The number of oxazole rings is 1. The molecule has 0 aliphatic carbocycles. The summed E-state index contributed by atoms with van der Waals surface area (Å²) in [6.45, 7) is 3.17. The van der Waals surface area contributed by atoms with Crippen molar-refractivity contribution in [2.24, 2.45) is 5.73 Å². The Kier molecular flexibility index (Phi) is 5.97. The van der Waals surface area contributed by atoms with Crippen LogP contribution in [0.1, 0.15) is 28.0 Å². The topological polar surface area (TPSA) is 114 Å². The van der Waals surface area contributed by atoms with Crippen LogP contribution in [0, 0.1) is 0 Å². The highest BCUT2D eigenvalue weighted by molar-refractivity contribution is 6.02. The zero-order valence-electron chi connectivity index (χ0n) is 16.5. The fraction of sp³-hybridized carbons (Fsp3) is 0.273. The number of phenols is 1. The number of hydrogen-bond donors (Lipinski definition) is 3. The number of benzene rings is 2. The first-order valence-corrected chi connectivity index (χ1v) is 9.81. The highest BCUT2D eigenvalue weighted by atomic mass is 16.5. The lowest BCUT2D eigenvalue weighted by molar-refractivity contribution is 0.102. The van der Waals surface area contributed by atoms with Crippen LogP contribution in [0.2, 0.25) is 0 Å². The lowest BCUT2D eigenvalue weighted by atomic mass is 10.1. The molecular weight excluding hydrogens is 384 g/mol. The van der Waals surface area contributed by atoms with Gasteiger partial charge in [-0.25, -0.2) is 4.98 Å². The second kappa shape index (κ2) is 8.98. The summed E-state index contributed by atoms with van der Waals surface area (Å²) in [4.78, 5) is 19.0. The number of carbonyl (C=O) groups excluding carboxylic acids is 1. The molecule has 3 aromatic rings. The molecule has 1 atom stereocenters. The standard InChI is InChI=1S/C22H24N4O4/c23-19(13-15-1-7-18(27)8-2-15)22-25-20(14-30-22)21(28)24-16-3-5-17(6-4-16)26-9-11-29-12-10-26/h1-8,14,19,27H,9-13,23H2,(H,24,28). The Balaban J connectivity index is 1.36. The van der Waals surface area contributed by atoms with Crippen molar-refractivity contribution in [1.82, 2.24) is 4.98 Å². The summed E-state index contributed by atoms with van der Waals surface area (Å²) in [6.07, 6.45) is 1.79. The molecule has 1 fully saturated rings. The van der Waals surface area contributed by atoms with Gasteiger partial charge in [-0.3, -0.25) is 4.79 Å². The number of nitrogens with zero attached hydrogens (tertiary/aromatic N) is 2. The van der Waals surface area contributed by atoms with E-state index < -0.39 is 6.04 Å². The van der Waals surface area contributed by atoms with E-state index in [2.05, 4.69) is 15.2 Å². The Morgan fingerprint density at radius 1 is 1.13 bits per heavy atom. The van der Waals surface area contributed by atoms with Crippen molar-refractivity contribution >= 4 is 17.3 Å². The monoisotopic (exact) mass is 408 g/mol. The first-order chi connectivity index (χ1) is 14.6. The van der Waals surface area contributed by atoms with Crippen LogP contribution in [-0.2, 0) is 11.2 Å². The molecule has 0 radical (unpaired) electrons. The van der Waals surface area contributed by atoms with Gasteiger partial charge in [0, 0.05) is 24.5 Å². The van der Waals surface area contributed by atoms with Crippen molar-refractivity contribution in [3.63, 3.8) is 0 Å². The van der Waals surface area contributed by atoms with Gasteiger partial charge in [-0.1, -0.05) is 12.1 Å². The second-order valence-corrected chi connectivity index (χ2v) is 7.15. The van der Waals surface area contributed by atoms with Crippen molar-refractivity contribution in [3.8, 4) is 5.75 Å². The molecule has 1 saturated heterocycles. The van der Waals surface area contributed by atoms with Crippen LogP contribution in [0.25, 0.3) is 0 Å². The van der Waals surface area contributed by atoms with Gasteiger partial charge in [0.05, 0.1) is 19.3 Å². The number of ether oxygens (including phenoxy) is 1. The molecule has 1 aliphatic rings. The molecule has 1 unspecified atom stereocenters. The Bertz CT molecular complexity index is 979. The third-order valence-corrected chi connectivity index (χ3v) is 4.97. The van der Waals surface area contributed by atoms with E-state index in [0.29, 0.717) is 12.1 Å². The highest BCUT2D eigenvalue weighted by Gasteiger charge is 2.18. The number of rotatable bonds is 6. The van der Waals surface area contributed by atoms with Gasteiger partial charge in [-0.05, 0) is 48.4 Å². The van der Waals surface area contributed by atoms with Gasteiger partial charge in [0.1, 0.15) is 12.0 Å². The number of nitrogens with two attached hydrogens (primary N) is 1. The highest BCUT2D eigenvalue weighted by Crippen LogP contribution is 2.21. The molecule has 2 heterocycles. The molecule has 2 aromatic carbocycles. The minimum atomic E-state index is -0.496. The average Bonchev–Trinajstić information content (AvgIpc) is 3.27. The fourth-order valence-electron chi connectivity index (χ4n) is 3.31. The number of anilines is 2. The van der Waals surface area contributed by atoms with E-state index in [9.17, 15) is 9.90 Å². The van der Waals surface area contributed by atoms with Crippen molar-refractivity contribution in [3.05, 3.63) is 71.9 Å². The lowest BCUT2D eigenvalue weighted by Gasteiger charge is -2.28. The van der Waals surface area contributed by atoms with E-state index >= 15 is 0 Å². The summed E-state index contributed by atoms with van der Waals surface area (Å²) in [5, 5.41) is 12.2. The zero-order valence-corrected chi connectivity index (χ0v) is 16.5. The Morgan fingerprint density at radius 3 is 2.53 bits per heavy atom. The second-order valence-electron chi connectivity index (χ2n) is 7.15. The molecule has 4 N–H and O–H groups in total. The van der Waals surface area contributed by atoms with E-state index in [4.69, 9.17) is 14.9 Å². The molecule has 0 bridgehead atoms. The number of aromatic hydroxyl groups is 1. The molecular formula is C22H24N4O4. The number of nitrogens with one attached hydrogen (secondary N) is 1. The smallest absolute Gasteiger partial charge is 0.277 e. The van der Waals surface area contributed by atoms with Gasteiger partial charge in [-0.2, -0.15) is 0 Å². The number of amides is 1. The average molecular weight is 408 g/mol. The molecule has 0 saturated carbocycles. The summed E-state index contributed by atoms with van der Waals surface area (Å²) >= 11 is 0. The molecule has 8 heteroatoms. The molecule has 4 rings (SSSR count). The Labute approximate surface area is 174 Å². The van der Waals surface area contributed by atoms with Gasteiger partial charge < -0.3 is 30.2 Å². The van der Waals surface area contributed by atoms with Crippen LogP contribution >= 0.6 is 0 Å². The first kappa shape index (κ1) is 19.9. The van der Waals surface area contributed by atoms with Crippen LogP contribution in [-0.4, -0.2) is 42.3 Å². The fourth-order valence-corrected chi connectivity index (χ4v) is 3.31. The lowest BCUT2D eigenvalue weighted by Crippen LogP contribution is -2.36. The molecule has 156 valence electrons. The predicted octanol–water partition coefficient (Wildman–Crippen LogP) is 2.71. The van der Waals surface area contributed by atoms with Crippen LogP contribution in [0.5, 0.6) is 5.75 Å². The van der Waals surface area contributed by atoms with E-state index in [1.165, 1.54) is 6.26 Å². The van der Waals surface area contributed by atoms with E-state index in [-0.39, 0.29) is 23.2 Å². The van der Waals surface area contributed by atoms with Gasteiger partial charge in [-0.15, -0.1) is 0 Å². The maximum absolute atomic E-state index is 12.5. The van der Waals surface area contributed by atoms with Crippen LogP contribution < -0.4 is 16.0 Å². The van der Waals surface area contributed by atoms with Crippen LogP contribution in [0.3, 0.4) is 0 Å². The predicted molar refractivity (Wildman–Crippen MR) is 113 cm³/mol. The number of morpholine rings is 1. The van der Waals surface area contributed by atoms with Crippen LogP contribution in [0.4, 0.5) is 11.4 Å². The minimum absolute atomic E-state index is 0.170. The number of carbonyl (C=O) groups is 1. The summed E-state index contributed by atoms with van der Waals surface area (Å²) in [5.41, 5.74) is 9.03. The Hall–Kier alpha value is -3.36. The third-order valence-electron chi connectivity index (χ3n) is 4.97. The van der Waals surface area contributed by atoms with Gasteiger partial charge in [0.15, 0.2) is 5.69 Å². The van der Waals surface area contributed by atoms with E-state index in [0.717, 1.165) is 37.6 Å². The third kappa shape index (κ3) is 4.79. The Morgan fingerprint density at radius 2 is 1.83 bits per heavy atom. The normalized spacial score (nSPS) is 15.0. The van der Waals surface area contributed by atoms with Crippen molar-refractivity contribution in [1.29, 1.82) is 0 Å². The SMILES string of the molecule is NC(Cc1ccc(O)cc1)c1nc(C(=O)Nc2ccc(N3CCOCC3)cc2)co1. The van der Waals surface area contributed by atoms with Crippen molar-refractivity contribution in [2.75, 3.05) is 36.5 Å². The van der Waals surface area contributed by atoms with Crippen molar-refractivity contribution in [2.45, 2.75) is 12.5 Å². The largest absolute Gasteiger partial charge is 0.508 e. The molecule has 1 aliphatic heterocycles. The quantitative estimate of drug-likeness (QED) is 0.575. The maximum atomic E-state index is 12.5. The number of hydrogen-bond acceptors (Lipinski definition) is 7. The summed E-state index contributed by atoms with van der Waals surface area (Å²) in [6, 6.07) is 13.9. The molecule has 1 aromatic heterocycles. The number of phenolic OH excluding ortho intramolecular Hbond substituents is 1. The van der Waals surface area contributed by atoms with E-state index in [1.54, 1.807) is 24.3 Å². The zero-order chi connectivity index (χ0) is 20.9. The van der Waals surface area contributed by atoms with Gasteiger partial charge >= 0.3 is 0 Å². The summed E-state index contributed by atoms with van der Waals surface area (Å²) in [5.74, 6) is 0.122. The van der Waals surface area contributed by atoms with Gasteiger partial charge in [0.2, 0.25) is 5.89 Å². The summed E-state index contributed by atoms with van der Waals surface area (Å²) in [7, 11) is 0. The summed E-state index contributed by atoms with van der Waals surface area (Å²) < 4.78 is 10.8. The minimum Gasteiger partial charge on any atom is -0.508 e. The van der Waals surface area contributed by atoms with Crippen molar-refractivity contribution < 1.29 is 19.1 Å². The molecule has 30 heavy (non-hydrogen) atoms. The van der Waals surface area contributed by atoms with E-state index in [1.807, 2.05) is 24.3 Å². The maximum Gasteiger partial charge on any atom is 0.277 e. The molecule has 0 spiro atoms. The molecule has 1 amide bonds. The molecule has 8 nitrogen and oxygen atoms in total. The van der Waals surface area contributed by atoms with Crippen LogP contribution in [0.15, 0.2) is 59.2 Å².